The topological polar surface area (TPSA) is 58.3 Å². The highest BCUT2D eigenvalue weighted by Crippen LogP contribution is 2.27. The van der Waals surface area contributed by atoms with Crippen molar-refractivity contribution in [3.63, 3.8) is 0 Å². The van der Waals surface area contributed by atoms with Crippen LogP contribution in [0.15, 0.2) is 35.2 Å². The Morgan fingerprint density at radius 2 is 1.54 bits per heavy atom. The molecule has 0 radical (unpaired) electrons. The molecule has 0 unspecified atom stereocenters. The molecule has 5 nitrogen and oxygen atoms in total. The number of anilines is 2. The second kappa shape index (κ2) is 8.89. The van der Waals surface area contributed by atoms with E-state index in [0.29, 0.717) is 0 Å². The maximum Gasteiger partial charge on any atom is 0.236 e. The van der Waals surface area contributed by atoms with E-state index in [0.717, 1.165) is 54.1 Å². The van der Waals surface area contributed by atoms with Gasteiger partial charge in [0.2, 0.25) is 5.95 Å². The van der Waals surface area contributed by atoms with E-state index < -0.39 is 0 Å². The molecule has 2 N–H and O–H groups in total. The highest BCUT2D eigenvalue weighted by Gasteiger charge is 2.14. The Hall–Kier alpha value is -1.79. The van der Waals surface area contributed by atoms with Crippen LogP contribution in [0.1, 0.15) is 25.2 Å². The Kier molecular flexibility index (Phi) is 6.87. The zero-order chi connectivity index (χ0) is 17.5. The summed E-state index contributed by atoms with van der Waals surface area (Å²) in [5, 5.41) is 0. The van der Waals surface area contributed by atoms with Crippen LogP contribution in [0.4, 0.5) is 11.6 Å². The fourth-order valence-electron chi connectivity index (χ4n) is 2.43. The average Bonchev–Trinajstić information content (AvgIpc) is 2.55. The molecule has 0 fully saturated rings. The monoisotopic (exact) mass is 345 g/mol. The molecule has 1 aromatic heterocycles. The summed E-state index contributed by atoms with van der Waals surface area (Å²) in [5.74, 6) is 0.765. The molecule has 6 heteroatoms. The molecular weight excluding hydrogens is 318 g/mol. The third-order valence-corrected chi connectivity index (χ3v) is 4.85. The average molecular weight is 346 g/mol. The van der Waals surface area contributed by atoms with Crippen LogP contribution in [-0.4, -0.2) is 41.0 Å². The molecule has 0 amide bonds. The molecule has 2 rings (SSSR count). The number of rotatable bonds is 8. The van der Waals surface area contributed by atoms with E-state index in [1.807, 2.05) is 44.2 Å². The van der Waals surface area contributed by atoms with Crippen LogP contribution in [-0.2, 0) is 0 Å². The molecule has 1 aromatic carbocycles. The molecule has 0 aliphatic carbocycles. The number of nitrogen functional groups attached to an aromatic ring is 1. The van der Waals surface area contributed by atoms with Gasteiger partial charge >= 0.3 is 0 Å². The van der Waals surface area contributed by atoms with Gasteiger partial charge in [-0.1, -0.05) is 13.8 Å². The van der Waals surface area contributed by atoms with E-state index in [2.05, 4.69) is 33.0 Å². The first-order chi connectivity index (χ1) is 11.5. The highest BCUT2D eigenvalue weighted by atomic mass is 32.2. The van der Waals surface area contributed by atoms with Crippen LogP contribution in [0.5, 0.6) is 0 Å². The van der Waals surface area contributed by atoms with Crippen LogP contribution >= 0.6 is 11.9 Å². The van der Waals surface area contributed by atoms with E-state index >= 15 is 0 Å². The Morgan fingerprint density at radius 3 is 2.08 bits per heavy atom. The lowest BCUT2D eigenvalue weighted by Crippen LogP contribution is -2.32. The van der Waals surface area contributed by atoms with Gasteiger partial charge in [-0.15, -0.1) is 0 Å². The van der Waals surface area contributed by atoms with E-state index in [1.165, 1.54) is 0 Å². The van der Waals surface area contributed by atoms with Crippen LogP contribution in [0.25, 0.3) is 0 Å². The summed E-state index contributed by atoms with van der Waals surface area (Å²) in [7, 11) is 0. The Labute approximate surface area is 149 Å². The molecule has 130 valence electrons. The van der Waals surface area contributed by atoms with Crippen molar-refractivity contribution in [2.45, 2.75) is 32.6 Å². The van der Waals surface area contributed by atoms with E-state index in [9.17, 15) is 0 Å². The minimum Gasteiger partial charge on any atom is -0.399 e. The zero-order valence-electron chi connectivity index (χ0n) is 15.0. The number of aryl methyl sites for hydroxylation is 2. The normalized spacial score (nSPS) is 11.0. The SMILES string of the molecule is CCN(CC)CCN(Sc1ccc(N)cc1)c1nc(C)cc(C)n1. The largest absolute Gasteiger partial charge is 0.399 e. The second-order valence-corrected chi connectivity index (χ2v) is 6.83. The van der Waals surface area contributed by atoms with E-state index in [4.69, 9.17) is 5.73 Å². The number of nitrogens with two attached hydrogens (primary N) is 1. The first-order valence-corrected chi connectivity index (χ1v) is 9.14. The summed E-state index contributed by atoms with van der Waals surface area (Å²) < 4.78 is 2.17. The molecule has 0 aliphatic heterocycles. The lowest BCUT2D eigenvalue weighted by atomic mass is 10.3. The van der Waals surface area contributed by atoms with Gasteiger partial charge in [-0.25, -0.2) is 9.97 Å². The Morgan fingerprint density at radius 1 is 0.958 bits per heavy atom. The predicted molar refractivity (Wildman–Crippen MR) is 103 cm³/mol. The summed E-state index contributed by atoms with van der Waals surface area (Å²) in [5.41, 5.74) is 8.54. The summed E-state index contributed by atoms with van der Waals surface area (Å²) >= 11 is 1.66. The lowest BCUT2D eigenvalue weighted by Gasteiger charge is -2.25. The maximum absolute atomic E-state index is 5.79. The van der Waals surface area contributed by atoms with E-state index in [-0.39, 0.29) is 0 Å². The van der Waals surface area contributed by atoms with Gasteiger partial charge in [0, 0.05) is 35.1 Å². The minimum absolute atomic E-state index is 0.765. The van der Waals surface area contributed by atoms with Crippen molar-refractivity contribution in [2.24, 2.45) is 0 Å². The molecule has 2 aromatic rings. The maximum atomic E-state index is 5.79. The second-order valence-electron chi connectivity index (χ2n) is 5.74. The molecule has 0 saturated heterocycles. The van der Waals surface area contributed by atoms with Gasteiger partial charge in [0.15, 0.2) is 0 Å². The van der Waals surface area contributed by atoms with Crippen molar-refractivity contribution in [3.05, 3.63) is 41.7 Å². The molecule has 0 atom stereocenters. The Balaban J connectivity index is 2.21. The minimum atomic E-state index is 0.765. The first kappa shape index (κ1) is 18.5. The van der Waals surface area contributed by atoms with Crippen LogP contribution in [0.3, 0.4) is 0 Å². The van der Waals surface area contributed by atoms with Crippen molar-refractivity contribution >= 4 is 23.6 Å². The third kappa shape index (κ3) is 5.39. The van der Waals surface area contributed by atoms with Crippen LogP contribution < -0.4 is 10.0 Å². The van der Waals surface area contributed by atoms with Crippen LogP contribution in [0.2, 0.25) is 0 Å². The smallest absolute Gasteiger partial charge is 0.236 e. The van der Waals surface area contributed by atoms with Gasteiger partial charge in [-0.3, -0.25) is 4.31 Å². The number of benzene rings is 1. The quantitative estimate of drug-likeness (QED) is 0.583. The fourth-order valence-corrected chi connectivity index (χ4v) is 3.28. The van der Waals surface area contributed by atoms with Gasteiger partial charge in [0.1, 0.15) is 0 Å². The molecule has 24 heavy (non-hydrogen) atoms. The van der Waals surface area contributed by atoms with E-state index in [1.54, 1.807) is 11.9 Å². The number of hydrogen-bond donors (Lipinski definition) is 1. The van der Waals surface area contributed by atoms with Crippen molar-refractivity contribution in [2.75, 3.05) is 36.2 Å². The zero-order valence-corrected chi connectivity index (χ0v) is 15.8. The molecule has 0 spiro atoms. The standard InChI is InChI=1S/C18H27N5S/c1-5-22(6-2)11-12-23(18-20-14(3)13-15(4)21-18)24-17-9-7-16(19)8-10-17/h7-10,13H,5-6,11-12,19H2,1-4H3. The van der Waals surface area contributed by atoms with Crippen molar-refractivity contribution in [1.29, 1.82) is 0 Å². The number of aromatic nitrogens is 2. The summed E-state index contributed by atoms with van der Waals surface area (Å²) in [6.07, 6.45) is 0. The van der Waals surface area contributed by atoms with Crippen molar-refractivity contribution in [1.82, 2.24) is 14.9 Å². The van der Waals surface area contributed by atoms with Crippen LogP contribution in [0, 0.1) is 13.8 Å². The first-order valence-electron chi connectivity index (χ1n) is 8.37. The molecular formula is C18H27N5S. The number of likely N-dealkylation sites (N-methyl/N-ethyl adjacent to an activating group) is 1. The van der Waals surface area contributed by atoms with Gasteiger partial charge in [-0.05, 0) is 69.2 Å². The van der Waals surface area contributed by atoms with Crippen molar-refractivity contribution < 1.29 is 0 Å². The summed E-state index contributed by atoms with van der Waals surface area (Å²) in [6, 6.07) is 9.92. The van der Waals surface area contributed by atoms with Gasteiger partial charge in [-0.2, -0.15) is 0 Å². The predicted octanol–water partition coefficient (Wildman–Crippen LogP) is 3.53. The van der Waals surface area contributed by atoms with Crippen molar-refractivity contribution in [3.8, 4) is 0 Å². The molecule has 0 aliphatic rings. The van der Waals surface area contributed by atoms with Gasteiger partial charge in [0.25, 0.3) is 0 Å². The number of nitrogens with zero attached hydrogens (tertiary/aromatic N) is 4. The summed E-state index contributed by atoms with van der Waals surface area (Å²) in [6.45, 7) is 12.3. The molecule has 1 heterocycles. The van der Waals surface area contributed by atoms with Gasteiger partial charge < -0.3 is 10.6 Å². The summed E-state index contributed by atoms with van der Waals surface area (Å²) in [4.78, 5) is 12.8. The third-order valence-electron chi connectivity index (χ3n) is 3.80. The molecule has 0 bridgehead atoms. The molecule has 0 saturated carbocycles. The highest BCUT2D eigenvalue weighted by molar-refractivity contribution is 8.00. The number of hydrogen-bond acceptors (Lipinski definition) is 6. The Bertz CT molecular complexity index is 620. The van der Waals surface area contributed by atoms with Gasteiger partial charge in [0.05, 0.1) is 0 Å². The fraction of sp³-hybridized carbons (Fsp3) is 0.444. The lowest BCUT2D eigenvalue weighted by molar-refractivity contribution is 0.313.